The van der Waals surface area contributed by atoms with Gasteiger partial charge in [0.2, 0.25) is 0 Å². The van der Waals surface area contributed by atoms with Crippen LogP contribution in [0.25, 0.3) is 0 Å². The molecule has 0 aromatic heterocycles. The fraction of sp³-hybridized carbons (Fsp3) is 1.00. The molecular weight excluding hydrogens is 238 g/mol. The minimum Gasteiger partial charge on any atom is -0.395 e. The van der Waals surface area contributed by atoms with Crippen LogP contribution in [0, 0.1) is 0 Å². The van der Waals surface area contributed by atoms with Gasteiger partial charge >= 0.3 is 0 Å². The van der Waals surface area contributed by atoms with E-state index < -0.39 is 12.1 Å². The lowest BCUT2D eigenvalue weighted by Crippen LogP contribution is -2.37. The van der Waals surface area contributed by atoms with Crippen LogP contribution in [0.1, 0.15) is 84.0 Å². The molecule has 0 amide bonds. The summed E-state index contributed by atoms with van der Waals surface area (Å²) >= 11 is 0. The van der Waals surface area contributed by atoms with Gasteiger partial charge in [0.05, 0.1) is 18.8 Å². The van der Waals surface area contributed by atoms with E-state index in [0.717, 1.165) is 12.8 Å². The highest BCUT2D eigenvalue weighted by atomic mass is 16.3. The molecule has 0 heterocycles. The van der Waals surface area contributed by atoms with E-state index >= 15 is 0 Å². The lowest BCUT2D eigenvalue weighted by Gasteiger charge is -2.15. The number of nitrogens with two attached hydrogens (primary N) is 1. The number of hydrogen-bond donors (Lipinski definition) is 3. The molecular formula is C16H35NO2. The van der Waals surface area contributed by atoms with Crippen LogP contribution in [-0.2, 0) is 0 Å². The van der Waals surface area contributed by atoms with Crippen molar-refractivity contribution in [3.8, 4) is 0 Å². The highest BCUT2D eigenvalue weighted by Gasteiger charge is 2.12. The minimum absolute atomic E-state index is 0.126. The predicted octanol–water partition coefficient (Wildman–Crippen LogP) is 3.37. The van der Waals surface area contributed by atoms with Gasteiger partial charge in [-0.2, -0.15) is 0 Å². The Labute approximate surface area is 119 Å². The standard InChI is InChI=1S/C16H35NO2/c1-2-3-4-5-6-7-8-9-10-11-12-13-16(19)15(17)14-18/h15-16,18-19H,2-14,17H2,1H3/t15-,16+/m1/s1. The number of aliphatic hydroxyl groups excluding tert-OH is 2. The Bertz CT molecular complexity index is 176. The van der Waals surface area contributed by atoms with E-state index in [1.807, 2.05) is 0 Å². The van der Waals surface area contributed by atoms with Gasteiger partial charge in [-0.05, 0) is 6.42 Å². The molecule has 0 aliphatic rings. The lowest BCUT2D eigenvalue weighted by molar-refractivity contribution is 0.0990. The Morgan fingerprint density at radius 3 is 1.63 bits per heavy atom. The zero-order valence-electron chi connectivity index (χ0n) is 12.8. The van der Waals surface area contributed by atoms with Crippen molar-refractivity contribution in [2.45, 2.75) is 96.1 Å². The first-order valence-electron chi connectivity index (χ1n) is 8.26. The summed E-state index contributed by atoms with van der Waals surface area (Å²) in [5, 5.41) is 18.4. The first kappa shape index (κ1) is 18.9. The van der Waals surface area contributed by atoms with Crippen molar-refractivity contribution >= 4 is 0 Å². The maximum absolute atomic E-state index is 9.58. The van der Waals surface area contributed by atoms with Crippen molar-refractivity contribution in [2.24, 2.45) is 5.73 Å². The summed E-state index contributed by atoms with van der Waals surface area (Å²) in [6, 6.07) is -0.469. The smallest absolute Gasteiger partial charge is 0.0713 e. The third-order valence-corrected chi connectivity index (χ3v) is 3.81. The van der Waals surface area contributed by atoms with Crippen molar-refractivity contribution in [2.75, 3.05) is 6.61 Å². The molecule has 0 aliphatic carbocycles. The SMILES string of the molecule is CCCCCCCCCCCCC[C@H](O)[C@H](N)CO. The molecule has 2 atom stereocenters. The largest absolute Gasteiger partial charge is 0.395 e. The second-order valence-electron chi connectivity index (χ2n) is 5.74. The molecule has 0 fully saturated rings. The van der Waals surface area contributed by atoms with E-state index in [0.29, 0.717) is 0 Å². The molecule has 3 nitrogen and oxygen atoms in total. The molecule has 0 rings (SSSR count). The Kier molecular flexibility index (Phi) is 14.2. The second-order valence-corrected chi connectivity index (χ2v) is 5.74. The summed E-state index contributed by atoms with van der Waals surface area (Å²) in [6.07, 6.45) is 14.6. The van der Waals surface area contributed by atoms with Gasteiger partial charge in [-0.25, -0.2) is 0 Å². The van der Waals surface area contributed by atoms with Crippen LogP contribution in [0.4, 0.5) is 0 Å². The highest BCUT2D eigenvalue weighted by Crippen LogP contribution is 2.12. The molecule has 19 heavy (non-hydrogen) atoms. The Balaban J connectivity index is 3.10. The molecule has 0 unspecified atom stereocenters. The Morgan fingerprint density at radius 1 is 0.789 bits per heavy atom. The summed E-state index contributed by atoms with van der Waals surface area (Å²) < 4.78 is 0. The number of aliphatic hydroxyl groups is 2. The van der Waals surface area contributed by atoms with Crippen LogP contribution >= 0.6 is 0 Å². The van der Waals surface area contributed by atoms with E-state index in [2.05, 4.69) is 6.92 Å². The first-order chi connectivity index (χ1) is 9.22. The van der Waals surface area contributed by atoms with Crippen LogP contribution in [0.2, 0.25) is 0 Å². The van der Waals surface area contributed by atoms with E-state index in [4.69, 9.17) is 10.8 Å². The average Bonchev–Trinajstić information content (AvgIpc) is 2.43. The number of hydrogen-bond acceptors (Lipinski definition) is 3. The van der Waals surface area contributed by atoms with Crippen LogP contribution in [-0.4, -0.2) is 29.0 Å². The summed E-state index contributed by atoms with van der Waals surface area (Å²) in [4.78, 5) is 0. The summed E-state index contributed by atoms with van der Waals surface area (Å²) in [7, 11) is 0. The van der Waals surface area contributed by atoms with Crippen molar-refractivity contribution in [1.29, 1.82) is 0 Å². The number of rotatable bonds is 14. The van der Waals surface area contributed by atoms with Crippen molar-refractivity contribution < 1.29 is 10.2 Å². The monoisotopic (exact) mass is 273 g/mol. The molecule has 0 saturated heterocycles. The zero-order valence-corrected chi connectivity index (χ0v) is 12.8. The predicted molar refractivity (Wildman–Crippen MR) is 82.1 cm³/mol. The molecule has 0 saturated carbocycles. The Hall–Kier alpha value is -0.120. The maximum atomic E-state index is 9.58. The fourth-order valence-corrected chi connectivity index (χ4v) is 2.35. The molecule has 0 aliphatic heterocycles. The van der Waals surface area contributed by atoms with Gasteiger partial charge in [0.25, 0.3) is 0 Å². The molecule has 0 radical (unpaired) electrons. The number of unbranched alkanes of at least 4 members (excludes halogenated alkanes) is 10. The molecule has 0 bridgehead atoms. The van der Waals surface area contributed by atoms with E-state index in [9.17, 15) is 5.11 Å². The van der Waals surface area contributed by atoms with Crippen molar-refractivity contribution in [3.63, 3.8) is 0 Å². The van der Waals surface area contributed by atoms with E-state index in [1.165, 1.54) is 64.2 Å². The molecule has 3 heteroatoms. The third-order valence-electron chi connectivity index (χ3n) is 3.81. The maximum Gasteiger partial charge on any atom is 0.0713 e. The van der Waals surface area contributed by atoms with Gasteiger partial charge < -0.3 is 15.9 Å². The zero-order chi connectivity index (χ0) is 14.3. The van der Waals surface area contributed by atoms with Crippen LogP contribution in [0.15, 0.2) is 0 Å². The lowest BCUT2D eigenvalue weighted by atomic mass is 10.0. The highest BCUT2D eigenvalue weighted by molar-refractivity contribution is 4.70. The summed E-state index contributed by atoms with van der Waals surface area (Å²) in [5.74, 6) is 0. The van der Waals surface area contributed by atoms with Gasteiger partial charge in [-0.3, -0.25) is 0 Å². The van der Waals surface area contributed by atoms with Gasteiger partial charge in [-0.15, -0.1) is 0 Å². The molecule has 4 N–H and O–H groups in total. The van der Waals surface area contributed by atoms with Crippen molar-refractivity contribution in [3.05, 3.63) is 0 Å². The molecule has 0 aromatic carbocycles. The first-order valence-corrected chi connectivity index (χ1v) is 8.26. The van der Waals surface area contributed by atoms with Crippen molar-refractivity contribution in [1.82, 2.24) is 0 Å². The summed E-state index contributed by atoms with van der Waals surface area (Å²) in [5.41, 5.74) is 5.55. The van der Waals surface area contributed by atoms with E-state index in [1.54, 1.807) is 0 Å². The van der Waals surface area contributed by atoms with E-state index in [-0.39, 0.29) is 6.61 Å². The van der Waals surface area contributed by atoms with Crippen LogP contribution in [0.5, 0.6) is 0 Å². The summed E-state index contributed by atoms with van der Waals surface area (Å²) in [6.45, 7) is 2.13. The van der Waals surface area contributed by atoms with Gasteiger partial charge in [-0.1, -0.05) is 77.6 Å². The quantitative estimate of drug-likeness (QED) is 0.425. The van der Waals surface area contributed by atoms with Crippen LogP contribution < -0.4 is 5.73 Å². The fourth-order valence-electron chi connectivity index (χ4n) is 2.35. The normalized spacial score (nSPS) is 14.5. The second kappa shape index (κ2) is 14.3. The topological polar surface area (TPSA) is 66.5 Å². The van der Waals surface area contributed by atoms with Gasteiger partial charge in [0.1, 0.15) is 0 Å². The van der Waals surface area contributed by atoms with Crippen LogP contribution in [0.3, 0.4) is 0 Å². The minimum atomic E-state index is -0.538. The molecule has 116 valence electrons. The average molecular weight is 273 g/mol. The molecule has 0 aromatic rings. The van der Waals surface area contributed by atoms with Gasteiger partial charge in [0.15, 0.2) is 0 Å². The Morgan fingerprint density at radius 2 is 1.21 bits per heavy atom. The molecule has 0 spiro atoms. The van der Waals surface area contributed by atoms with Gasteiger partial charge in [0, 0.05) is 0 Å². The third kappa shape index (κ3) is 12.6.